The number of nitrogens with one attached hydrogen (secondary N) is 1. The first-order valence-corrected chi connectivity index (χ1v) is 8.79. The lowest BCUT2D eigenvalue weighted by Crippen LogP contribution is -2.15. The van der Waals surface area contributed by atoms with Crippen molar-refractivity contribution in [3.05, 3.63) is 52.7 Å². The average molecular weight is 378 g/mol. The molecule has 0 saturated heterocycles. The number of halogens is 3. The molecule has 7 heteroatoms. The molecule has 2 rings (SSSR count). The second-order valence-electron chi connectivity index (χ2n) is 6.99. The van der Waals surface area contributed by atoms with E-state index in [-0.39, 0.29) is 5.95 Å². The predicted molar refractivity (Wildman–Crippen MR) is 103 cm³/mol. The van der Waals surface area contributed by atoms with Crippen LogP contribution in [0.2, 0.25) is 0 Å². The smallest absolute Gasteiger partial charge is 0.369 e. The van der Waals surface area contributed by atoms with Gasteiger partial charge in [0.1, 0.15) is 5.82 Å². The number of aromatic nitrogens is 2. The molecule has 3 N–H and O–H groups in total. The van der Waals surface area contributed by atoms with Crippen LogP contribution in [0.3, 0.4) is 0 Å². The zero-order valence-corrected chi connectivity index (χ0v) is 16.0. The second-order valence-corrected chi connectivity index (χ2v) is 6.99. The fraction of sp³-hybridized carbons (Fsp3) is 0.400. The number of nitrogens with two attached hydrogens (primary N) is 1. The lowest BCUT2D eigenvalue weighted by Gasteiger charge is -2.22. The number of benzene rings is 1. The van der Waals surface area contributed by atoms with Gasteiger partial charge in [-0.05, 0) is 31.0 Å². The summed E-state index contributed by atoms with van der Waals surface area (Å²) in [6, 6.07) is 5.24. The molecule has 0 aliphatic rings. The number of anilines is 2. The number of hydrogen-bond donors (Lipinski definition) is 2. The van der Waals surface area contributed by atoms with E-state index in [9.17, 15) is 13.2 Å². The van der Waals surface area contributed by atoms with Crippen molar-refractivity contribution in [3.63, 3.8) is 0 Å². The minimum atomic E-state index is -4.34. The van der Waals surface area contributed by atoms with Gasteiger partial charge in [-0.15, -0.1) is 0 Å². The molecule has 0 aliphatic heterocycles. The van der Waals surface area contributed by atoms with Gasteiger partial charge in [-0.3, -0.25) is 0 Å². The maximum absolute atomic E-state index is 12.8. The number of nitrogens with zero attached hydrogens (tertiary/aromatic N) is 2. The highest BCUT2D eigenvalue weighted by atomic mass is 19.4. The first-order valence-electron chi connectivity index (χ1n) is 8.79. The van der Waals surface area contributed by atoms with E-state index in [0.29, 0.717) is 5.82 Å². The second kappa shape index (κ2) is 7.98. The van der Waals surface area contributed by atoms with Gasteiger partial charge in [0.05, 0.1) is 11.3 Å². The highest BCUT2D eigenvalue weighted by Crippen LogP contribution is 2.32. The van der Waals surface area contributed by atoms with Gasteiger partial charge in [0.25, 0.3) is 0 Å². The van der Waals surface area contributed by atoms with Crippen LogP contribution < -0.4 is 11.1 Å². The Balaban J connectivity index is 2.33. The SMILES string of the molecule is CCCNc1nc(N)nc(C)c1/C=C/C(C)(C)c1ccc(C(F)(F)F)cc1. The van der Waals surface area contributed by atoms with Crippen molar-refractivity contribution in [2.24, 2.45) is 0 Å². The molecule has 0 atom stereocenters. The van der Waals surface area contributed by atoms with E-state index in [1.165, 1.54) is 12.1 Å². The molecule has 2 aromatic rings. The van der Waals surface area contributed by atoms with Crippen LogP contribution in [0.5, 0.6) is 0 Å². The summed E-state index contributed by atoms with van der Waals surface area (Å²) in [7, 11) is 0. The van der Waals surface area contributed by atoms with E-state index in [4.69, 9.17) is 5.73 Å². The number of aryl methyl sites for hydroxylation is 1. The van der Waals surface area contributed by atoms with Crippen LogP contribution in [0.15, 0.2) is 30.3 Å². The van der Waals surface area contributed by atoms with Crippen molar-refractivity contribution < 1.29 is 13.2 Å². The Morgan fingerprint density at radius 3 is 2.22 bits per heavy atom. The van der Waals surface area contributed by atoms with Gasteiger partial charge in [-0.2, -0.15) is 18.2 Å². The monoisotopic (exact) mass is 378 g/mol. The van der Waals surface area contributed by atoms with Crippen molar-refractivity contribution in [1.82, 2.24) is 9.97 Å². The largest absolute Gasteiger partial charge is 0.416 e. The number of hydrogen-bond acceptors (Lipinski definition) is 4. The Bertz CT molecular complexity index is 809. The minimum Gasteiger partial charge on any atom is -0.369 e. The van der Waals surface area contributed by atoms with Crippen LogP contribution >= 0.6 is 0 Å². The first kappa shape index (κ1) is 20.7. The molecule has 1 aromatic heterocycles. The van der Waals surface area contributed by atoms with E-state index in [1.807, 2.05) is 39.8 Å². The van der Waals surface area contributed by atoms with Gasteiger partial charge in [0, 0.05) is 17.5 Å². The van der Waals surface area contributed by atoms with Crippen molar-refractivity contribution in [2.45, 2.75) is 45.7 Å². The molecule has 27 heavy (non-hydrogen) atoms. The molecule has 0 unspecified atom stereocenters. The number of alkyl halides is 3. The van der Waals surface area contributed by atoms with Crippen molar-refractivity contribution in [2.75, 3.05) is 17.6 Å². The maximum Gasteiger partial charge on any atom is 0.416 e. The Morgan fingerprint density at radius 2 is 1.67 bits per heavy atom. The third-order valence-electron chi connectivity index (χ3n) is 4.32. The van der Waals surface area contributed by atoms with Gasteiger partial charge < -0.3 is 11.1 Å². The third kappa shape index (κ3) is 5.21. The number of allylic oxidation sites excluding steroid dienone is 1. The number of nitrogen functional groups attached to an aromatic ring is 1. The zero-order chi connectivity index (χ0) is 20.2. The summed E-state index contributed by atoms with van der Waals surface area (Å²) in [5.41, 5.74) is 6.95. The highest BCUT2D eigenvalue weighted by molar-refractivity contribution is 5.67. The summed E-state index contributed by atoms with van der Waals surface area (Å²) < 4.78 is 38.3. The normalized spacial score (nSPS) is 12.6. The Hall–Kier alpha value is -2.57. The third-order valence-corrected chi connectivity index (χ3v) is 4.32. The van der Waals surface area contributed by atoms with Crippen LogP contribution in [0.25, 0.3) is 6.08 Å². The summed E-state index contributed by atoms with van der Waals surface area (Å²) in [5.74, 6) is 0.853. The van der Waals surface area contributed by atoms with Gasteiger partial charge in [-0.1, -0.05) is 45.1 Å². The van der Waals surface area contributed by atoms with E-state index >= 15 is 0 Å². The van der Waals surface area contributed by atoms with Crippen LogP contribution in [-0.4, -0.2) is 16.5 Å². The number of rotatable bonds is 6. The standard InChI is InChI=1S/C20H25F3N4/c1-5-12-25-17-16(13(2)26-18(24)27-17)10-11-19(3,4)14-6-8-15(9-7-14)20(21,22)23/h6-11H,5,12H2,1-4H3,(H3,24,25,26,27)/b11-10+. The van der Waals surface area contributed by atoms with Crippen LogP contribution in [0.4, 0.5) is 24.9 Å². The van der Waals surface area contributed by atoms with Crippen LogP contribution in [0, 0.1) is 6.92 Å². The van der Waals surface area contributed by atoms with Crippen molar-refractivity contribution in [3.8, 4) is 0 Å². The zero-order valence-electron chi connectivity index (χ0n) is 16.0. The molecule has 0 amide bonds. The molecular weight excluding hydrogens is 353 g/mol. The Labute approximate surface area is 157 Å². The summed E-state index contributed by atoms with van der Waals surface area (Å²) in [6.07, 6.45) is 0.430. The molecular formula is C20H25F3N4. The predicted octanol–water partition coefficient (Wildman–Crippen LogP) is 5.20. The van der Waals surface area contributed by atoms with Gasteiger partial charge in [0.2, 0.25) is 5.95 Å². The van der Waals surface area contributed by atoms with E-state index < -0.39 is 17.2 Å². The fourth-order valence-electron chi connectivity index (χ4n) is 2.66. The van der Waals surface area contributed by atoms with Gasteiger partial charge in [0.15, 0.2) is 0 Å². The van der Waals surface area contributed by atoms with Gasteiger partial charge in [-0.25, -0.2) is 4.98 Å². The molecule has 0 aliphatic carbocycles. The van der Waals surface area contributed by atoms with Gasteiger partial charge >= 0.3 is 6.18 Å². The molecule has 0 spiro atoms. The van der Waals surface area contributed by atoms with Crippen molar-refractivity contribution in [1.29, 1.82) is 0 Å². The highest BCUT2D eigenvalue weighted by Gasteiger charge is 2.30. The first-order chi connectivity index (χ1) is 12.5. The van der Waals surface area contributed by atoms with Crippen LogP contribution in [0.1, 0.15) is 49.6 Å². The summed E-state index contributed by atoms with van der Waals surface area (Å²) in [5, 5.41) is 3.24. The fourth-order valence-corrected chi connectivity index (χ4v) is 2.66. The Morgan fingerprint density at radius 1 is 1.07 bits per heavy atom. The van der Waals surface area contributed by atoms with E-state index in [0.717, 1.165) is 41.9 Å². The van der Waals surface area contributed by atoms with E-state index in [1.54, 1.807) is 0 Å². The van der Waals surface area contributed by atoms with Crippen LogP contribution in [-0.2, 0) is 11.6 Å². The molecule has 0 fully saturated rings. The summed E-state index contributed by atoms with van der Waals surface area (Å²) in [4.78, 5) is 8.47. The molecule has 146 valence electrons. The molecule has 1 aromatic carbocycles. The minimum absolute atomic E-state index is 0.199. The lowest BCUT2D eigenvalue weighted by atomic mass is 9.83. The van der Waals surface area contributed by atoms with Crippen molar-refractivity contribution >= 4 is 17.8 Å². The summed E-state index contributed by atoms with van der Waals surface area (Å²) in [6.45, 7) is 8.53. The molecule has 1 heterocycles. The Kier molecular flexibility index (Phi) is 6.13. The molecule has 0 radical (unpaired) electrons. The average Bonchev–Trinajstić information content (AvgIpc) is 2.58. The molecule has 0 bridgehead atoms. The molecule has 0 saturated carbocycles. The molecule has 4 nitrogen and oxygen atoms in total. The maximum atomic E-state index is 12.8. The quantitative estimate of drug-likeness (QED) is 0.725. The lowest BCUT2D eigenvalue weighted by molar-refractivity contribution is -0.137. The summed E-state index contributed by atoms with van der Waals surface area (Å²) >= 11 is 0. The topological polar surface area (TPSA) is 63.8 Å². The van der Waals surface area contributed by atoms with E-state index in [2.05, 4.69) is 15.3 Å².